The van der Waals surface area contributed by atoms with Gasteiger partial charge in [0.05, 0.1) is 0 Å². The lowest BCUT2D eigenvalue weighted by atomic mass is 10.2. The lowest BCUT2D eigenvalue weighted by molar-refractivity contribution is 0.0694. The van der Waals surface area contributed by atoms with E-state index in [1.807, 2.05) is 0 Å². The van der Waals surface area contributed by atoms with Gasteiger partial charge in [-0.15, -0.1) is 0 Å². The average molecular weight is 337 g/mol. The number of carboxylic acid groups (broad SMARTS) is 1. The smallest absolute Gasteiger partial charge is 0.339 e. The molecule has 104 valence electrons. The number of carbonyl (C=O) groups is 1. The van der Waals surface area contributed by atoms with E-state index in [1.165, 1.54) is 12.4 Å². The van der Waals surface area contributed by atoms with E-state index >= 15 is 0 Å². The number of rotatable bonds is 5. The molecule has 2 rings (SSSR count). The Morgan fingerprint density at radius 3 is 2.85 bits per heavy atom. The number of aromatic nitrogens is 2. The maximum absolute atomic E-state index is 11.2. The summed E-state index contributed by atoms with van der Waals surface area (Å²) in [7, 11) is 0. The van der Waals surface area contributed by atoms with Crippen LogP contribution in [0.5, 0.6) is 11.6 Å². The van der Waals surface area contributed by atoms with Gasteiger partial charge < -0.3 is 9.84 Å². The molecule has 0 aliphatic carbocycles. The molecule has 0 saturated carbocycles. The summed E-state index contributed by atoms with van der Waals surface area (Å²) < 4.78 is 6.24. The van der Waals surface area contributed by atoms with Crippen molar-refractivity contribution in [3.63, 3.8) is 0 Å². The molecule has 0 amide bonds. The second-order valence-electron chi connectivity index (χ2n) is 4.15. The second kappa shape index (κ2) is 6.47. The summed E-state index contributed by atoms with van der Waals surface area (Å²) in [5.41, 5.74) is 0.946. The molecular weight excluding hydrogens is 324 g/mol. The van der Waals surface area contributed by atoms with E-state index < -0.39 is 5.97 Å². The highest BCUT2D eigenvalue weighted by molar-refractivity contribution is 9.10. The Morgan fingerprint density at radius 2 is 2.15 bits per heavy atom. The molecule has 1 aromatic heterocycles. The van der Waals surface area contributed by atoms with Crippen molar-refractivity contribution in [2.24, 2.45) is 0 Å². The number of ether oxygens (including phenoxy) is 1. The number of halogens is 1. The van der Waals surface area contributed by atoms with Crippen molar-refractivity contribution in [3.8, 4) is 11.6 Å². The Bertz CT molecular complexity index is 632. The number of nitrogens with zero attached hydrogens (tertiary/aromatic N) is 2. The largest absolute Gasteiger partial charge is 0.478 e. The zero-order valence-corrected chi connectivity index (χ0v) is 12.4. The molecule has 0 aliphatic rings. The van der Waals surface area contributed by atoms with Crippen LogP contribution < -0.4 is 4.74 Å². The van der Waals surface area contributed by atoms with Crippen molar-refractivity contribution in [2.75, 3.05) is 0 Å². The summed E-state index contributed by atoms with van der Waals surface area (Å²) in [5, 5.41) is 9.17. The van der Waals surface area contributed by atoms with Gasteiger partial charge in [0.25, 0.3) is 0 Å². The lowest BCUT2D eigenvalue weighted by Gasteiger charge is -2.08. The van der Waals surface area contributed by atoms with Crippen LogP contribution in [-0.4, -0.2) is 21.0 Å². The summed E-state index contributed by atoms with van der Waals surface area (Å²) in [6.07, 6.45) is 3.21. The molecule has 0 fully saturated rings. The van der Waals surface area contributed by atoms with E-state index in [0.717, 1.165) is 18.5 Å². The maximum Gasteiger partial charge on any atom is 0.339 e. The van der Waals surface area contributed by atoms with E-state index in [0.29, 0.717) is 10.4 Å². The predicted molar refractivity (Wildman–Crippen MR) is 77.2 cm³/mol. The second-order valence-corrected chi connectivity index (χ2v) is 5.06. The first-order valence-electron chi connectivity index (χ1n) is 6.11. The summed E-state index contributed by atoms with van der Waals surface area (Å²) >= 11 is 3.24. The van der Waals surface area contributed by atoms with E-state index in [1.54, 1.807) is 18.2 Å². The van der Waals surface area contributed by atoms with E-state index in [2.05, 4.69) is 32.8 Å². The number of carboxylic acids is 1. The predicted octanol–water partition coefficient (Wildman–Crippen LogP) is 3.68. The third-order valence-electron chi connectivity index (χ3n) is 2.59. The third kappa shape index (κ3) is 3.54. The highest BCUT2D eigenvalue weighted by atomic mass is 79.9. The van der Waals surface area contributed by atoms with Crippen LogP contribution in [0.3, 0.4) is 0 Å². The van der Waals surface area contributed by atoms with Gasteiger partial charge in [-0.05, 0) is 24.6 Å². The van der Waals surface area contributed by atoms with Gasteiger partial charge in [0, 0.05) is 16.2 Å². The molecule has 1 N–H and O–H groups in total. The minimum atomic E-state index is -1.05. The van der Waals surface area contributed by atoms with Gasteiger partial charge in [-0.3, -0.25) is 0 Å². The number of benzene rings is 1. The number of aryl methyl sites for hydroxylation is 1. The topological polar surface area (TPSA) is 72.3 Å². The molecule has 0 bridgehead atoms. The van der Waals surface area contributed by atoms with Gasteiger partial charge in [-0.25, -0.2) is 14.8 Å². The van der Waals surface area contributed by atoms with Crippen LogP contribution in [0.25, 0.3) is 0 Å². The standard InChI is InChI=1S/C14H13BrN2O3/c1-2-3-10-7-13(17-8-16-10)20-12-5-4-9(15)6-11(12)14(18)19/h4-8H,2-3H2,1H3,(H,18,19). The van der Waals surface area contributed by atoms with Gasteiger partial charge in [0.2, 0.25) is 5.88 Å². The fourth-order valence-electron chi connectivity index (χ4n) is 1.70. The molecule has 1 aromatic carbocycles. The van der Waals surface area contributed by atoms with Crippen LogP contribution in [0.2, 0.25) is 0 Å². The van der Waals surface area contributed by atoms with Gasteiger partial charge in [0.1, 0.15) is 17.6 Å². The Balaban J connectivity index is 2.30. The minimum absolute atomic E-state index is 0.0787. The molecule has 0 radical (unpaired) electrons. The maximum atomic E-state index is 11.2. The molecule has 20 heavy (non-hydrogen) atoms. The number of aromatic carboxylic acids is 1. The monoisotopic (exact) mass is 336 g/mol. The van der Waals surface area contributed by atoms with Crippen molar-refractivity contribution >= 4 is 21.9 Å². The molecule has 2 aromatic rings. The van der Waals surface area contributed by atoms with E-state index in [4.69, 9.17) is 4.74 Å². The van der Waals surface area contributed by atoms with Crippen molar-refractivity contribution in [2.45, 2.75) is 19.8 Å². The fraction of sp³-hybridized carbons (Fsp3) is 0.214. The third-order valence-corrected chi connectivity index (χ3v) is 3.08. The van der Waals surface area contributed by atoms with Crippen LogP contribution in [-0.2, 0) is 6.42 Å². The van der Waals surface area contributed by atoms with Crippen molar-refractivity contribution in [3.05, 3.63) is 46.3 Å². The Morgan fingerprint density at radius 1 is 1.35 bits per heavy atom. The number of hydrogen-bond acceptors (Lipinski definition) is 4. The van der Waals surface area contributed by atoms with Gasteiger partial charge in [0.15, 0.2) is 0 Å². The zero-order chi connectivity index (χ0) is 14.5. The molecule has 0 saturated heterocycles. The molecule has 0 spiro atoms. The molecule has 0 unspecified atom stereocenters. The summed E-state index contributed by atoms with van der Waals surface area (Å²) in [4.78, 5) is 19.3. The van der Waals surface area contributed by atoms with Crippen LogP contribution in [0.15, 0.2) is 35.1 Å². The van der Waals surface area contributed by atoms with Crippen LogP contribution >= 0.6 is 15.9 Å². The van der Waals surface area contributed by atoms with E-state index in [-0.39, 0.29) is 11.3 Å². The molecule has 0 atom stereocenters. The molecule has 0 aliphatic heterocycles. The summed E-state index contributed by atoms with van der Waals surface area (Å²) in [6, 6.07) is 6.52. The molecule has 5 nitrogen and oxygen atoms in total. The van der Waals surface area contributed by atoms with E-state index in [9.17, 15) is 9.90 Å². The Labute approximate surface area is 124 Å². The normalized spacial score (nSPS) is 10.3. The van der Waals surface area contributed by atoms with Crippen molar-refractivity contribution < 1.29 is 14.6 Å². The van der Waals surface area contributed by atoms with Gasteiger partial charge >= 0.3 is 5.97 Å². The quantitative estimate of drug-likeness (QED) is 0.901. The first-order chi connectivity index (χ1) is 9.60. The molecular formula is C14H13BrN2O3. The van der Waals surface area contributed by atoms with Gasteiger partial charge in [-0.2, -0.15) is 0 Å². The highest BCUT2D eigenvalue weighted by Crippen LogP contribution is 2.27. The Hall–Kier alpha value is -1.95. The first-order valence-corrected chi connectivity index (χ1v) is 6.91. The van der Waals surface area contributed by atoms with Crippen LogP contribution in [0.1, 0.15) is 29.4 Å². The van der Waals surface area contributed by atoms with Crippen molar-refractivity contribution in [1.29, 1.82) is 0 Å². The lowest BCUT2D eigenvalue weighted by Crippen LogP contribution is -2.01. The molecule has 1 heterocycles. The molecule has 6 heteroatoms. The minimum Gasteiger partial charge on any atom is -0.478 e. The Kier molecular flexibility index (Phi) is 4.68. The number of hydrogen-bond donors (Lipinski definition) is 1. The average Bonchev–Trinajstić information content (AvgIpc) is 2.41. The fourth-order valence-corrected chi connectivity index (χ4v) is 2.06. The van der Waals surface area contributed by atoms with Crippen LogP contribution in [0, 0.1) is 0 Å². The zero-order valence-electron chi connectivity index (χ0n) is 10.8. The first kappa shape index (κ1) is 14.5. The van der Waals surface area contributed by atoms with Crippen LogP contribution in [0.4, 0.5) is 0 Å². The highest BCUT2D eigenvalue weighted by Gasteiger charge is 2.13. The summed E-state index contributed by atoms with van der Waals surface area (Å²) in [6.45, 7) is 2.06. The summed E-state index contributed by atoms with van der Waals surface area (Å²) in [5.74, 6) is -0.459. The SMILES string of the molecule is CCCc1cc(Oc2ccc(Br)cc2C(=O)O)ncn1. The van der Waals surface area contributed by atoms with Crippen molar-refractivity contribution in [1.82, 2.24) is 9.97 Å². The van der Waals surface area contributed by atoms with Gasteiger partial charge in [-0.1, -0.05) is 29.3 Å².